The van der Waals surface area contributed by atoms with Crippen LogP contribution in [0.25, 0.3) is 134 Å². The summed E-state index contributed by atoms with van der Waals surface area (Å²) < 4.78 is 29.7. The largest absolute Gasteiger partial charge is 0.494 e. The second kappa shape index (κ2) is 23.1. The van der Waals surface area contributed by atoms with Crippen molar-refractivity contribution in [1.29, 1.82) is 0 Å². The van der Waals surface area contributed by atoms with E-state index in [2.05, 4.69) is 219 Å². The van der Waals surface area contributed by atoms with Crippen LogP contribution in [0.1, 0.15) is 27.7 Å². The van der Waals surface area contributed by atoms with E-state index in [1.165, 1.54) is 0 Å². The van der Waals surface area contributed by atoms with E-state index in [-0.39, 0.29) is 18.3 Å². The molecule has 6 aromatic heterocycles. The maximum atomic E-state index is 6.19. The van der Waals surface area contributed by atoms with Crippen molar-refractivity contribution in [2.45, 2.75) is 38.9 Å². The molecule has 0 spiro atoms. The van der Waals surface area contributed by atoms with Crippen molar-refractivity contribution in [3.05, 3.63) is 272 Å². The van der Waals surface area contributed by atoms with E-state index >= 15 is 0 Å². The van der Waals surface area contributed by atoms with Gasteiger partial charge in [0.15, 0.2) is 11.2 Å². The van der Waals surface area contributed by atoms with Gasteiger partial charge in [-0.1, -0.05) is 143 Å². The number of imidazole rings is 2. The maximum absolute atomic E-state index is 6.19. The van der Waals surface area contributed by atoms with Gasteiger partial charge in [0.1, 0.15) is 22.7 Å². The minimum atomic E-state index is -0.364. The summed E-state index contributed by atoms with van der Waals surface area (Å²) in [5.41, 5.74) is 18.0. The van der Waals surface area contributed by atoms with Gasteiger partial charge in [-0.25, -0.2) is 19.9 Å². The predicted molar refractivity (Wildman–Crippen MR) is 365 cm³/mol. The topological polar surface area (TPSA) is 132 Å². The van der Waals surface area contributed by atoms with Crippen LogP contribution in [0.3, 0.4) is 0 Å². The van der Waals surface area contributed by atoms with Gasteiger partial charge in [0.25, 0.3) is 0 Å². The van der Waals surface area contributed by atoms with Crippen LogP contribution in [-0.4, -0.2) is 57.4 Å². The summed E-state index contributed by atoms with van der Waals surface area (Å²) in [6, 6.07) is 86.1. The van der Waals surface area contributed by atoms with Crippen molar-refractivity contribution in [2.24, 2.45) is 0 Å². The Bertz CT molecular complexity index is 5280. The van der Waals surface area contributed by atoms with Crippen LogP contribution in [0.2, 0.25) is 0 Å². The predicted octanol–water partition coefficient (Wildman–Crippen LogP) is 18.5. The first-order chi connectivity index (χ1) is 43.9. The van der Waals surface area contributed by atoms with Gasteiger partial charge >= 0.3 is 7.12 Å². The van der Waals surface area contributed by atoms with Gasteiger partial charge in [-0.3, -0.25) is 19.1 Å². The Labute approximate surface area is 527 Å². The molecular weight excluding hydrogens is 1180 g/mol. The lowest BCUT2D eigenvalue weighted by Crippen LogP contribution is -2.41. The van der Waals surface area contributed by atoms with E-state index in [4.69, 9.17) is 33.1 Å². The number of fused-ring (bicyclic) bond motifs is 6. The molecule has 0 unspecified atom stereocenters. The molecule has 90 heavy (non-hydrogen) atoms. The number of benzene rings is 10. The van der Waals surface area contributed by atoms with Crippen LogP contribution in [0.4, 0.5) is 0 Å². The highest BCUT2D eigenvalue weighted by atomic mass is 79.9. The lowest BCUT2D eigenvalue weighted by Gasteiger charge is -2.32. The molecule has 0 radical (unpaired) electrons. The summed E-state index contributed by atoms with van der Waals surface area (Å²) in [7, 11) is -0.364. The van der Waals surface area contributed by atoms with E-state index in [1.54, 1.807) is 12.4 Å². The first-order valence-corrected chi connectivity index (χ1v) is 30.5. The van der Waals surface area contributed by atoms with Crippen LogP contribution in [-0.2, 0) is 9.31 Å². The van der Waals surface area contributed by atoms with Gasteiger partial charge in [0.2, 0.25) is 11.8 Å². The zero-order valence-corrected chi connectivity index (χ0v) is 51.2. The van der Waals surface area contributed by atoms with Crippen LogP contribution in [0.5, 0.6) is 0 Å². The van der Waals surface area contributed by atoms with Crippen LogP contribution in [0.15, 0.2) is 280 Å². The summed E-state index contributed by atoms with van der Waals surface area (Å²) in [6.07, 6.45) is 3.59. The second-order valence-corrected chi connectivity index (χ2v) is 24.0. The molecule has 1 aliphatic rings. The molecule has 0 aliphatic carbocycles. The molecule has 0 atom stereocenters. The zero-order valence-electron chi connectivity index (χ0n) is 49.6. The lowest BCUT2D eigenvalue weighted by molar-refractivity contribution is 0.00578. The first kappa shape index (κ1) is 55.9. The van der Waals surface area contributed by atoms with Crippen LogP contribution >= 0.6 is 15.9 Å². The maximum Gasteiger partial charge on any atom is 0.494 e. The third-order valence-electron chi connectivity index (χ3n) is 16.8. The minimum absolute atomic E-state index is 0.350. The molecule has 17 rings (SSSR count). The Balaban J connectivity index is 0.000000119. The van der Waals surface area contributed by atoms with Gasteiger partial charge in [0.05, 0.1) is 44.3 Å². The third-order valence-corrected chi connectivity index (χ3v) is 17.3. The Kier molecular flexibility index (Phi) is 14.4. The molecule has 1 fully saturated rings. The Morgan fingerprint density at radius 3 is 1.31 bits per heavy atom. The number of oxazole rings is 2. The zero-order chi connectivity index (χ0) is 60.9. The highest BCUT2D eigenvalue weighted by Gasteiger charge is 2.51. The van der Waals surface area contributed by atoms with Crippen molar-refractivity contribution >= 4 is 94.6 Å². The van der Waals surface area contributed by atoms with Gasteiger partial charge in [0, 0.05) is 61.3 Å². The summed E-state index contributed by atoms with van der Waals surface area (Å²) in [4.78, 5) is 28.0. The summed E-state index contributed by atoms with van der Waals surface area (Å²) in [5, 5.41) is 2.14. The number of halogens is 1. The average molecular weight is 1240 g/mol. The first-order valence-electron chi connectivity index (χ1n) is 29.7. The second-order valence-electron chi connectivity index (χ2n) is 23.1. The molecule has 7 heterocycles. The van der Waals surface area contributed by atoms with E-state index in [1.807, 2.05) is 103 Å². The summed E-state index contributed by atoms with van der Waals surface area (Å²) in [6.45, 7) is 8.29. The molecule has 12 nitrogen and oxygen atoms in total. The number of aromatic nitrogens is 8. The van der Waals surface area contributed by atoms with Crippen molar-refractivity contribution in [3.8, 4) is 68.2 Å². The monoisotopic (exact) mass is 1230 g/mol. The summed E-state index contributed by atoms with van der Waals surface area (Å²) in [5.74, 6) is 3.07. The highest BCUT2D eigenvalue weighted by Crippen LogP contribution is 2.38. The molecular formula is C76H56BBrN8O4. The number of nitrogens with zero attached hydrogens (tertiary/aromatic N) is 8. The van der Waals surface area contributed by atoms with Crippen molar-refractivity contribution in [2.75, 3.05) is 0 Å². The van der Waals surface area contributed by atoms with Gasteiger partial charge in [-0.15, -0.1) is 0 Å². The number of hydrogen-bond donors (Lipinski definition) is 0. The standard InChI is InChI=1S/C35H22N4O.C25H25BN2O2.C16H9BrN2O/c1-2-8-28(9-3-1)39-32-11-5-4-10-30(32)37-34(39)24-14-12-23(13-15-24)25-17-19-33-31(22-25)38-35(40-33)27-16-18-29-26(21-27)7-6-20-36-29;1-24(2)25(3,4)30-26(29-24)19-16-14-18(15-17-19)23-27-21-12-8-9-13-22(21)28(23)20-10-6-5-7-11-20;17-12-4-6-15-14(9-12)19-16(20-15)11-3-5-13-10(8-11)2-1-7-18-13/h1-22H;5-17H,1-4H3;1-9H. The number of rotatable bonds is 8. The average Bonchev–Trinajstić information content (AvgIpc) is 1.73. The van der Waals surface area contributed by atoms with E-state index in [9.17, 15) is 0 Å². The molecule has 0 amide bonds. The smallest absolute Gasteiger partial charge is 0.436 e. The molecule has 14 heteroatoms. The van der Waals surface area contributed by atoms with Crippen molar-refractivity contribution in [1.82, 2.24) is 39.0 Å². The normalized spacial score (nSPS) is 13.5. The number of hydrogen-bond acceptors (Lipinski definition) is 10. The van der Waals surface area contributed by atoms with Gasteiger partial charge < -0.3 is 18.1 Å². The van der Waals surface area contributed by atoms with Crippen molar-refractivity contribution < 1.29 is 18.1 Å². The number of pyridine rings is 2. The molecule has 10 aromatic carbocycles. The molecule has 16 aromatic rings. The highest BCUT2D eigenvalue weighted by molar-refractivity contribution is 9.10. The number of para-hydroxylation sites is 6. The molecule has 0 saturated carbocycles. The molecule has 1 aliphatic heterocycles. The molecule has 0 N–H and O–H groups in total. The fraction of sp³-hybridized carbons (Fsp3) is 0.0789. The van der Waals surface area contributed by atoms with E-state index in [0.29, 0.717) is 11.8 Å². The molecule has 0 bridgehead atoms. The van der Waals surface area contributed by atoms with E-state index < -0.39 is 0 Å². The summed E-state index contributed by atoms with van der Waals surface area (Å²) >= 11 is 3.44. The lowest BCUT2D eigenvalue weighted by atomic mass is 9.79. The Morgan fingerprint density at radius 1 is 0.356 bits per heavy atom. The molecule has 1 saturated heterocycles. The Morgan fingerprint density at radius 2 is 0.789 bits per heavy atom. The minimum Gasteiger partial charge on any atom is -0.436 e. The fourth-order valence-electron chi connectivity index (χ4n) is 11.4. The fourth-order valence-corrected chi connectivity index (χ4v) is 11.7. The SMILES string of the molecule is Brc1ccc2oc(-c3ccc4ncccc4c3)nc2c1.CC1(C)OB(c2ccc(-c3nc4ccccc4n3-c3ccccc3)cc2)OC1(C)C.c1ccc(-n2c(-c3ccc(-c4ccc5oc(-c6ccc7ncccc7c6)nc5c4)cc3)nc3ccccc32)cc1. The Hall–Kier alpha value is -10.6. The quantitative estimate of drug-likeness (QED) is 0.135. The van der Waals surface area contributed by atoms with Crippen LogP contribution in [0, 0.1) is 0 Å². The van der Waals surface area contributed by atoms with Gasteiger partial charge in [-0.05, 0) is 172 Å². The van der Waals surface area contributed by atoms with Gasteiger partial charge in [-0.2, -0.15) is 0 Å². The third kappa shape index (κ3) is 10.8. The van der Waals surface area contributed by atoms with Crippen molar-refractivity contribution in [3.63, 3.8) is 0 Å². The molecule has 434 valence electrons. The van der Waals surface area contributed by atoms with Crippen LogP contribution < -0.4 is 5.46 Å². The van der Waals surface area contributed by atoms with E-state index in [0.717, 1.165) is 132 Å².